The van der Waals surface area contributed by atoms with Gasteiger partial charge in [0, 0.05) is 31.8 Å². The number of nitrogens with zero attached hydrogens (tertiary/aromatic N) is 1. The van der Waals surface area contributed by atoms with Crippen molar-refractivity contribution in [3.63, 3.8) is 0 Å². The third kappa shape index (κ3) is 4.32. The summed E-state index contributed by atoms with van der Waals surface area (Å²) in [5, 5.41) is 3.35. The first-order valence-corrected chi connectivity index (χ1v) is 6.25. The molecule has 17 heavy (non-hydrogen) atoms. The Kier molecular flexibility index (Phi) is 4.09. The number of hydrogen-bond acceptors (Lipinski definition) is 2. The summed E-state index contributed by atoms with van der Waals surface area (Å²) < 4.78 is 37.1. The van der Waals surface area contributed by atoms with Gasteiger partial charge in [-0.2, -0.15) is 13.2 Å². The Morgan fingerprint density at radius 2 is 2.12 bits per heavy atom. The second kappa shape index (κ2) is 5.40. The number of halogens is 3. The molecular weight excluding hydrogens is 229 g/mol. The Morgan fingerprint density at radius 1 is 1.35 bits per heavy atom. The van der Waals surface area contributed by atoms with Crippen molar-refractivity contribution in [1.82, 2.24) is 10.2 Å². The fourth-order valence-corrected chi connectivity index (χ4v) is 2.04. The highest BCUT2D eigenvalue weighted by atomic mass is 19.4. The largest absolute Gasteiger partial charge is 0.412 e. The lowest BCUT2D eigenvalue weighted by Crippen LogP contribution is -2.37. The molecule has 0 aromatic rings. The van der Waals surface area contributed by atoms with Crippen LogP contribution >= 0.6 is 0 Å². The van der Waals surface area contributed by atoms with Crippen LogP contribution in [0.1, 0.15) is 19.3 Å². The summed E-state index contributed by atoms with van der Waals surface area (Å²) in [6, 6.07) is 0. The second-order valence-electron chi connectivity index (χ2n) is 4.93. The highest BCUT2D eigenvalue weighted by Crippen LogP contribution is 2.30. The Labute approximate surface area is 99.9 Å². The van der Waals surface area contributed by atoms with E-state index >= 15 is 0 Å². The van der Waals surface area contributed by atoms with Crippen LogP contribution in [0, 0.1) is 5.92 Å². The van der Waals surface area contributed by atoms with E-state index in [1.807, 2.05) is 0 Å². The molecule has 1 aliphatic heterocycles. The summed E-state index contributed by atoms with van der Waals surface area (Å²) in [5.41, 5.74) is -0.361. The van der Waals surface area contributed by atoms with E-state index in [9.17, 15) is 13.2 Å². The molecule has 0 aromatic heterocycles. The summed E-state index contributed by atoms with van der Waals surface area (Å²) in [4.78, 5) is 2.06. The zero-order valence-corrected chi connectivity index (χ0v) is 9.89. The van der Waals surface area contributed by atoms with Crippen LogP contribution in [0.5, 0.6) is 0 Å². The Hall–Kier alpha value is -0.550. The first kappa shape index (κ1) is 12.9. The third-order valence-corrected chi connectivity index (χ3v) is 3.39. The second-order valence-corrected chi connectivity index (χ2v) is 4.93. The Morgan fingerprint density at radius 3 is 2.65 bits per heavy atom. The molecule has 5 heteroatoms. The van der Waals surface area contributed by atoms with Crippen LogP contribution in [0.3, 0.4) is 0 Å². The van der Waals surface area contributed by atoms with Crippen molar-refractivity contribution < 1.29 is 13.2 Å². The summed E-state index contributed by atoms with van der Waals surface area (Å²) in [6.45, 7) is 3.74. The van der Waals surface area contributed by atoms with E-state index in [-0.39, 0.29) is 12.0 Å². The Balaban J connectivity index is 1.62. The zero-order valence-electron chi connectivity index (χ0n) is 9.89. The van der Waals surface area contributed by atoms with Crippen molar-refractivity contribution in [2.45, 2.75) is 25.4 Å². The molecule has 1 saturated carbocycles. The maximum absolute atomic E-state index is 12.4. The van der Waals surface area contributed by atoms with E-state index in [4.69, 9.17) is 0 Å². The van der Waals surface area contributed by atoms with Crippen LogP contribution in [0.25, 0.3) is 0 Å². The van der Waals surface area contributed by atoms with Gasteiger partial charge in [-0.3, -0.25) is 4.90 Å². The molecule has 2 nitrogen and oxygen atoms in total. The van der Waals surface area contributed by atoms with Crippen LogP contribution < -0.4 is 5.32 Å². The number of alkyl halides is 3. The van der Waals surface area contributed by atoms with E-state index in [1.165, 1.54) is 18.9 Å². The molecule has 1 heterocycles. The van der Waals surface area contributed by atoms with Crippen molar-refractivity contribution in [1.29, 1.82) is 0 Å². The molecule has 1 N–H and O–H groups in total. The molecule has 2 aliphatic rings. The average Bonchev–Trinajstić information content (AvgIpc) is 3.08. The molecule has 2 rings (SSSR count). The number of nitrogens with one attached hydrogen (secondary N) is 1. The van der Waals surface area contributed by atoms with Gasteiger partial charge < -0.3 is 5.32 Å². The van der Waals surface area contributed by atoms with E-state index in [0.717, 1.165) is 25.6 Å². The lowest BCUT2D eigenvalue weighted by atomic mass is 10.1. The first-order chi connectivity index (χ1) is 8.05. The molecule has 0 saturated heterocycles. The quantitative estimate of drug-likeness (QED) is 0.592. The van der Waals surface area contributed by atoms with Crippen molar-refractivity contribution >= 4 is 0 Å². The van der Waals surface area contributed by atoms with Crippen LogP contribution in [0.4, 0.5) is 13.2 Å². The van der Waals surface area contributed by atoms with Gasteiger partial charge in [-0.15, -0.1) is 0 Å². The maximum Gasteiger partial charge on any atom is 0.412 e. The predicted molar refractivity (Wildman–Crippen MR) is 60.8 cm³/mol. The Bertz CT molecular complexity index is 282. The smallest absolute Gasteiger partial charge is 0.315 e. The van der Waals surface area contributed by atoms with Gasteiger partial charge in [-0.05, 0) is 31.7 Å². The summed E-state index contributed by atoms with van der Waals surface area (Å²) >= 11 is 0. The van der Waals surface area contributed by atoms with Gasteiger partial charge in [0.1, 0.15) is 0 Å². The monoisotopic (exact) mass is 248 g/mol. The molecule has 0 atom stereocenters. The van der Waals surface area contributed by atoms with Gasteiger partial charge in [0.15, 0.2) is 0 Å². The summed E-state index contributed by atoms with van der Waals surface area (Å²) in [6.07, 6.45) is -0.0182. The van der Waals surface area contributed by atoms with E-state index < -0.39 is 6.18 Å². The zero-order chi connectivity index (χ0) is 12.3. The molecule has 0 amide bonds. The highest BCUT2D eigenvalue weighted by molar-refractivity contribution is 5.12. The van der Waals surface area contributed by atoms with E-state index in [1.54, 1.807) is 0 Å². The molecule has 0 aromatic carbocycles. The molecule has 0 spiro atoms. The van der Waals surface area contributed by atoms with Crippen LogP contribution in [0.15, 0.2) is 11.6 Å². The van der Waals surface area contributed by atoms with Gasteiger partial charge in [0.25, 0.3) is 0 Å². The molecule has 98 valence electrons. The third-order valence-electron chi connectivity index (χ3n) is 3.39. The fraction of sp³-hybridized carbons (Fsp3) is 0.833. The lowest BCUT2D eigenvalue weighted by Gasteiger charge is -2.27. The van der Waals surface area contributed by atoms with Crippen LogP contribution in [-0.2, 0) is 0 Å². The first-order valence-electron chi connectivity index (χ1n) is 6.25. The van der Waals surface area contributed by atoms with Gasteiger partial charge in [0.2, 0.25) is 0 Å². The lowest BCUT2D eigenvalue weighted by molar-refractivity contribution is -0.0959. The minimum Gasteiger partial charge on any atom is -0.315 e. The van der Waals surface area contributed by atoms with Gasteiger partial charge in [-0.25, -0.2) is 0 Å². The normalized spacial score (nSPS) is 22.6. The minimum absolute atomic E-state index is 0.131. The summed E-state index contributed by atoms with van der Waals surface area (Å²) in [5.74, 6) is 0.855. The molecule has 1 aliphatic carbocycles. The molecular formula is C12H19F3N2. The van der Waals surface area contributed by atoms with E-state index in [2.05, 4.69) is 10.2 Å². The topological polar surface area (TPSA) is 15.3 Å². The van der Waals surface area contributed by atoms with Crippen molar-refractivity contribution in [3.05, 3.63) is 11.6 Å². The SMILES string of the molecule is FC(F)(F)C1=CCN(CCNCC2CC2)CC1. The van der Waals surface area contributed by atoms with Crippen LogP contribution in [0.2, 0.25) is 0 Å². The van der Waals surface area contributed by atoms with Crippen molar-refractivity contribution in [3.8, 4) is 0 Å². The van der Waals surface area contributed by atoms with Crippen molar-refractivity contribution in [2.24, 2.45) is 5.92 Å². The van der Waals surface area contributed by atoms with Crippen molar-refractivity contribution in [2.75, 3.05) is 32.7 Å². The van der Waals surface area contributed by atoms with Crippen LogP contribution in [-0.4, -0.2) is 43.8 Å². The highest BCUT2D eigenvalue weighted by Gasteiger charge is 2.34. The molecule has 0 radical (unpaired) electrons. The maximum atomic E-state index is 12.4. The molecule has 0 unspecified atom stereocenters. The van der Waals surface area contributed by atoms with Gasteiger partial charge >= 0.3 is 6.18 Å². The minimum atomic E-state index is -4.13. The average molecular weight is 248 g/mol. The predicted octanol–water partition coefficient (Wildman–Crippen LogP) is 2.18. The summed E-state index contributed by atoms with van der Waals surface area (Å²) in [7, 11) is 0. The standard InChI is InChI=1S/C12H19F3N2/c13-12(14,15)11-3-6-17(7-4-11)8-5-16-9-10-1-2-10/h3,10,16H,1-2,4-9H2. The number of hydrogen-bond donors (Lipinski definition) is 1. The molecule has 0 bridgehead atoms. The van der Waals surface area contributed by atoms with Gasteiger partial charge in [0.05, 0.1) is 0 Å². The number of rotatable bonds is 5. The van der Waals surface area contributed by atoms with E-state index in [0.29, 0.717) is 13.1 Å². The van der Waals surface area contributed by atoms with Gasteiger partial charge in [-0.1, -0.05) is 6.08 Å². The fourth-order valence-electron chi connectivity index (χ4n) is 2.04. The molecule has 1 fully saturated rings.